The van der Waals surface area contributed by atoms with Crippen LogP contribution < -0.4 is 11.2 Å². The van der Waals surface area contributed by atoms with Crippen LogP contribution in [0.2, 0.25) is 0 Å². The van der Waals surface area contributed by atoms with Gasteiger partial charge in [-0.15, -0.1) is 0 Å². The molecular weight excluding hydrogens is 235 g/mol. The number of nitrogens with one attached hydrogen (secondary N) is 1. The first kappa shape index (κ1) is 12.6. The fraction of sp³-hybridized carbons (Fsp3) is 0.375. The quantitative estimate of drug-likeness (QED) is 0.777. The van der Waals surface area contributed by atoms with E-state index in [2.05, 4.69) is 0 Å². The third-order valence-electron chi connectivity index (χ3n) is 1.92. The van der Waals surface area contributed by atoms with E-state index < -0.39 is 35.8 Å². The molecule has 1 aromatic rings. The lowest BCUT2D eigenvalue weighted by molar-refractivity contribution is -0.143. The molecular formula is C8H7F5N2O. The molecule has 0 radical (unpaired) electrons. The molecule has 8 heteroatoms. The number of alkyl halides is 5. The minimum Gasteiger partial charge on any atom is -0.357 e. The molecule has 0 aliphatic heterocycles. The van der Waals surface area contributed by atoms with Gasteiger partial charge in [0.25, 0.3) is 6.43 Å². The lowest BCUT2D eigenvalue weighted by Crippen LogP contribution is -2.25. The highest BCUT2D eigenvalue weighted by atomic mass is 19.4. The van der Waals surface area contributed by atoms with Gasteiger partial charge in [-0.3, -0.25) is 4.79 Å². The van der Waals surface area contributed by atoms with Crippen LogP contribution in [0.3, 0.4) is 0 Å². The highest BCUT2D eigenvalue weighted by Crippen LogP contribution is 2.33. The third-order valence-corrected chi connectivity index (χ3v) is 1.92. The normalized spacial score (nSPS) is 12.2. The summed E-state index contributed by atoms with van der Waals surface area (Å²) in [6.45, 7) is -0.410. The second kappa shape index (κ2) is 4.20. The predicted molar refractivity (Wildman–Crippen MR) is 44.9 cm³/mol. The summed E-state index contributed by atoms with van der Waals surface area (Å²) in [6.07, 6.45) is -7.85. The summed E-state index contributed by atoms with van der Waals surface area (Å²) in [4.78, 5) is 12.9. The average molecular weight is 242 g/mol. The highest BCUT2D eigenvalue weighted by Gasteiger charge is 2.38. The molecule has 3 N–H and O–H groups in total. The van der Waals surface area contributed by atoms with Crippen LogP contribution >= 0.6 is 0 Å². The molecule has 1 heterocycles. The summed E-state index contributed by atoms with van der Waals surface area (Å²) >= 11 is 0. The SMILES string of the molecule is NCc1c[nH]c(C(F)(F)F)c(C(F)F)c1=O. The number of rotatable bonds is 2. The van der Waals surface area contributed by atoms with E-state index in [0.717, 1.165) is 0 Å². The van der Waals surface area contributed by atoms with Crippen molar-refractivity contribution in [3.05, 3.63) is 33.2 Å². The van der Waals surface area contributed by atoms with E-state index in [4.69, 9.17) is 5.73 Å². The van der Waals surface area contributed by atoms with Gasteiger partial charge in [-0.25, -0.2) is 8.78 Å². The number of nitrogens with two attached hydrogens (primary N) is 1. The van der Waals surface area contributed by atoms with Crippen molar-refractivity contribution in [3.63, 3.8) is 0 Å². The molecule has 16 heavy (non-hydrogen) atoms. The van der Waals surface area contributed by atoms with E-state index in [1.165, 1.54) is 0 Å². The summed E-state index contributed by atoms with van der Waals surface area (Å²) in [5.41, 5.74) is 0.0253. The molecule has 0 saturated heterocycles. The fourth-order valence-corrected chi connectivity index (χ4v) is 1.18. The number of halogens is 5. The van der Waals surface area contributed by atoms with Crippen molar-refractivity contribution < 1.29 is 22.0 Å². The predicted octanol–water partition coefficient (Wildman–Crippen LogP) is 1.79. The van der Waals surface area contributed by atoms with Crippen molar-refractivity contribution in [1.29, 1.82) is 0 Å². The Bertz CT molecular complexity index is 437. The Hall–Kier alpha value is -1.44. The van der Waals surface area contributed by atoms with Crippen molar-refractivity contribution in [2.45, 2.75) is 19.1 Å². The van der Waals surface area contributed by atoms with Gasteiger partial charge in [0.15, 0.2) is 5.43 Å². The van der Waals surface area contributed by atoms with Gasteiger partial charge >= 0.3 is 6.18 Å². The largest absolute Gasteiger partial charge is 0.431 e. The van der Waals surface area contributed by atoms with Gasteiger partial charge in [0.1, 0.15) is 5.69 Å². The molecule has 0 aliphatic rings. The van der Waals surface area contributed by atoms with Gasteiger partial charge in [0.2, 0.25) is 0 Å². The van der Waals surface area contributed by atoms with Crippen LogP contribution in [0.4, 0.5) is 22.0 Å². The van der Waals surface area contributed by atoms with Gasteiger partial charge in [0, 0.05) is 18.3 Å². The van der Waals surface area contributed by atoms with Crippen LogP contribution in [0.1, 0.15) is 23.2 Å². The molecule has 1 aromatic heterocycles. The molecule has 0 amide bonds. The molecule has 90 valence electrons. The molecule has 0 unspecified atom stereocenters. The summed E-state index contributed by atoms with van der Waals surface area (Å²) in [5.74, 6) is 0. The first-order valence-corrected chi connectivity index (χ1v) is 4.09. The van der Waals surface area contributed by atoms with Gasteiger partial charge in [-0.2, -0.15) is 13.2 Å². The summed E-state index contributed by atoms with van der Waals surface area (Å²) < 4.78 is 61.6. The zero-order valence-corrected chi connectivity index (χ0v) is 7.74. The van der Waals surface area contributed by atoms with Crippen molar-refractivity contribution in [3.8, 4) is 0 Å². The number of pyridine rings is 1. The fourth-order valence-electron chi connectivity index (χ4n) is 1.18. The smallest absolute Gasteiger partial charge is 0.357 e. The second-order valence-electron chi connectivity index (χ2n) is 2.93. The molecule has 1 rings (SSSR count). The third kappa shape index (κ3) is 2.21. The molecule has 0 saturated carbocycles. The molecule has 3 nitrogen and oxygen atoms in total. The molecule has 0 bridgehead atoms. The zero-order valence-electron chi connectivity index (χ0n) is 7.74. The van der Waals surface area contributed by atoms with Crippen molar-refractivity contribution in [2.75, 3.05) is 0 Å². The maximum Gasteiger partial charge on any atom is 0.431 e. The first-order valence-electron chi connectivity index (χ1n) is 4.09. The van der Waals surface area contributed by atoms with Gasteiger partial charge < -0.3 is 10.7 Å². The highest BCUT2D eigenvalue weighted by molar-refractivity contribution is 5.28. The number of aromatic amines is 1. The van der Waals surface area contributed by atoms with Crippen molar-refractivity contribution >= 4 is 0 Å². The van der Waals surface area contributed by atoms with Crippen LogP contribution in [-0.4, -0.2) is 4.98 Å². The zero-order chi connectivity index (χ0) is 12.5. The maximum atomic E-state index is 12.4. The van der Waals surface area contributed by atoms with Crippen LogP contribution in [-0.2, 0) is 12.7 Å². The number of hydrogen-bond donors (Lipinski definition) is 2. The second-order valence-corrected chi connectivity index (χ2v) is 2.93. The van der Waals surface area contributed by atoms with Crippen LogP contribution in [0.25, 0.3) is 0 Å². The van der Waals surface area contributed by atoms with Crippen molar-refractivity contribution in [2.24, 2.45) is 5.73 Å². The van der Waals surface area contributed by atoms with Crippen LogP contribution in [0.5, 0.6) is 0 Å². The van der Waals surface area contributed by atoms with Crippen LogP contribution in [0.15, 0.2) is 11.0 Å². The molecule has 0 atom stereocenters. The van der Waals surface area contributed by atoms with E-state index in [1.807, 2.05) is 0 Å². The minimum atomic E-state index is -5.03. The molecule has 0 spiro atoms. The van der Waals surface area contributed by atoms with Gasteiger partial charge in [-0.1, -0.05) is 0 Å². The molecule has 0 aromatic carbocycles. The van der Waals surface area contributed by atoms with E-state index in [9.17, 15) is 26.7 Å². The van der Waals surface area contributed by atoms with E-state index in [1.54, 1.807) is 4.98 Å². The van der Waals surface area contributed by atoms with Crippen LogP contribution in [0, 0.1) is 0 Å². The van der Waals surface area contributed by atoms with Gasteiger partial charge in [0.05, 0.1) is 5.56 Å². The average Bonchev–Trinajstić information content (AvgIpc) is 2.15. The maximum absolute atomic E-state index is 12.4. The molecule has 0 fully saturated rings. The topological polar surface area (TPSA) is 58.9 Å². The summed E-state index contributed by atoms with van der Waals surface area (Å²) in [6, 6.07) is 0. The Morgan fingerprint density at radius 2 is 1.94 bits per heavy atom. The van der Waals surface area contributed by atoms with E-state index in [-0.39, 0.29) is 5.56 Å². The first-order chi connectivity index (χ1) is 7.29. The minimum absolute atomic E-state index is 0.316. The van der Waals surface area contributed by atoms with E-state index in [0.29, 0.717) is 6.20 Å². The standard InChI is InChI=1S/C8H7F5N2O/c9-7(10)4-5(16)3(1-14)2-15-6(4)8(11,12)13/h2,7H,1,14H2,(H,15,16). The van der Waals surface area contributed by atoms with E-state index >= 15 is 0 Å². The monoisotopic (exact) mass is 242 g/mol. The summed E-state index contributed by atoms with van der Waals surface area (Å²) in [5, 5.41) is 0. The lowest BCUT2D eigenvalue weighted by atomic mass is 10.1. The van der Waals surface area contributed by atoms with Crippen molar-refractivity contribution in [1.82, 2.24) is 4.98 Å². The number of hydrogen-bond acceptors (Lipinski definition) is 2. The lowest BCUT2D eigenvalue weighted by Gasteiger charge is -2.12. The Labute approximate surface area is 86.1 Å². The summed E-state index contributed by atoms with van der Waals surface area (Å²) in [7, 11) is 0. The Morgan fingerprint density at radius 1 is 1.38 bits per heavy atom. The number of H-pyrrole nitrogens is 1. The Kier molecular flexibility index (Phi) is 3.32. The Morgan fingerprint density at radius 3 is 2.31 bits per heavy atom. The number of aromatic nitrogens is 1. The Balaban J connectivity index is 3.54. The van der Waals surface area contributed by atoms with Gasteiger partial charge in [-0.05, 0) is 0 Å². The molecule has 0 aliphatic carbocycles.